The Balaban J connectivity index is 2.15. The van der Waals surface area contributed by atoms with E-state index in [-0.39, 0.29) is 5.75 Å². The summed E-state index contributed by atoms with van der Waals surface area (Å²) in [5, 5.41) is 9.35. The first-order valence-corrected chi connectivity index (χ1v) is 4.92. The van der Waals surface area contributed by atoms with E-state index in [1.807, 2.05) is 12.1 Å². The molecule has 0 radical (unpaired) electrons. The molecule has 2 aliphatic rings. The minimum absolute atomic E-state index is 0.234. The van der Waals surface area contributed by atoms with Gasteiger partial charge in [0.2, 0.25) is 0 Å². The first-order valence-electron chi connectivity index (χ1n) is 4.92. The number of hydrogen-bond acceptors (Lipinski definition) is 2. The summed E-state index contributed by atoms with van der Waals surface area (Å²) in [6.45, 7) is 0. The zero-order valence-corrected chi connectivity index (χ0v) is 8.10. The maximum atomic E-state index is 9.35. The van der Waals surface area contributed by atoms with E-state index in [2.05, 4.69) is 18.2 Å². The molecule has 0 aromatic heterocycles. The normalized spacial score (nSPS) is 17.1. The van der Waals surface area contributed by atoms with E-state index >= 15 is 0 Å². The van der Waals surface area contributed by atoms with Crippen LogP contribution in [0.2, 0.25) is 0 Å². The third-order valence-corrected chi connectivity index (χ3v) is 2.55. The molecule has 1 aliphatic carbocycles. The van der Waals surface area contributed by atoms with Crippen molar-refractivity contribution in [2.75, 3.05) is 0 Å². The smallest absolute Gasteiger partial charge is 0.138 e. The van der Waals surface area contributed by atoms with Crippen LogP contribution >= 0.6 is 0 Å². The molecule has 15 heavy (non-hydrogen) atoms. The first-order chi connectivity index (χ1) is 7.33. The van der Waals surface area contributed by atoms with E-state index in [9.17, 15) is 5.11 Å². The molecule has 0 saturated carbocycles. The molecular weight excluding hydrogens is 188 g/mol. The van der Waals surface area contributed by atoms with Gasteiger partial charge in [0, 0.05) is 17.2 Å². The minimum atomic E-state index is 0.234. The second-order valence-corrected chi connectivity index (χ2v) is 3.63. The van der Waals surface area contributed by atoms with Crippen molar-refractivity contribution in [2.45, 2.75) is 6.42 Å². The molecule has 1 aromatic carbocycles. The topological polar surface area (TPSA) is 29.5 Å². The zero-order valence-electron chi connectivity index (χ0n) is 8.10. The summed E-state index contributed by atoms with van der Waals surface area (Å²) >= 11 is 0. The van der Waals surface area contributed by atoms with E-state index in [0.29, 0.717) is 0 Å². The summed E-state index contributed by atoms with van der Waals surface area (Å²) in [4.78, 5) is 0. The van der Waals surface area contributed by atoms with Gasteiger partial charge in [-0.15, -0.1) is 0 Å². The third-order valence-electron chi connectivity index (χ3n) is 2.55. The van der Waals surface area contributed by atoms with Crippen LogP contribution in [0.4, 0.5) is 0 Å². The molecule has 0 saturated heterocycles. The van der Waals surface area contributed by atoms with E-state index < -0.39 is 0 Å². The molecule has 0 fully saturated rings. The molecule has 0 atom stereocenters. The first kappa shape index (κ1) is 8.36. The number of ether oxygens (including phenoxy) is 1. The standard InChI is InChI=1S/C13H10O2/c14-11-6-5-10-7-9-3-1-2-4-12(9)15-13(10)8-11/h1,3-8,14H,2H2. The number of phenolic OH excluding ortho intramolecular Hbond substituents is 1. The molecule has 3 rings (SSSR count). The largest absolute Gasteiger partial charge is 0.508 e. The highest BCUT2D eigenvalue weighted by atomic mass is 16.5. The van der Waals surface area contributed by atoms with Gasteiger partial charge < -0.3 is 9.84 Å². The van der Waals surface area contributed by atoms with E-state index in [0.717, 1.165) is 29.1 Å². The molecule has 2 nitrogen and oxygen atoms in total. The maximum Gasteiger partial charge on any atom is 0.138 e. The fourth-order valence-electron chi connectivity index (χ4n) is 1.81. The van der Waals surface area contributed by atoms with Crippen LogP contribution in [0.25, 0.3) is 6.08 Å². The Labute approximate surface area is 87.8 Å². The molecular formula is C13H10O2. The summed E-state index contributed by atoms with van der Waals surface area (Å²) < 4.78 is 5.70. The number of rotatable bonds is 0. The molecule has 1 N–H and O–H groups in total. The van der Waals surface area contributed by atoms with Crippen LogP contribution in [0.15, 0.2) is 47.8 Å². The van der Waals surface area contributed by atoms with Crippen LogP contribution in [0.3, 0.4) is 0 Å². The van der Waals surface area contributed by atoms with Crippen molar-refractivity contribution < 1.29 is 9.84 Å². The lowest BCUT2D eigenvalue weighted by Crippen LogP contribution is -2.05. The van der Waals surface area contributed by atoms with Crippen LogP contribution in [-0.4, -0.2) is 5.11 Å². The Kier molecular flexibility index (Phi) is 1.68. The minimum Gasteiger partial charge on any atom is -0.508 e. The van der Waals surface area contributed by atoms with Crippen LogP contribution in [0, 0.1) is 0 Å². The lowest BCUT2D eigenvalue weighted by atomic mass is 10.0. The highest BCUT2D eigenvalue weighted by Gasteiger charge is 2.16. The van der Waals surface area contributed by atoms with Crippen molar-refractivity contribution in [2.24, 2.45) is 0 Å². The number of aromatic hydroxyl groups is 1. The van der Waals surface area contributed by atoms with Gasteiger partial charge >= 0.3 is 0 Å². The third kappa shape index (κ3) is 1.34. The summed E-state index contributed by atoms with van der Waals surface area (Å²) in [5.41, 5.74) is 2.10. The number of fused-ring (bicyclic) bond motifs is 2. The van der Waals surface area contributed by atoms with Crippen molar-refractivity contribution in [1.29, 1.82) is 0 Å². The van der Waals surface area contributed by atoms with Crippen LogP contribution in [0.5, 0.6) is 11.5 Å². The molecule has 2 heteroatoms. The molecule has 0 spiro atoms. The SMILES string of the molecule is Oc1ccc2c(c1)OC1=CCC=CC1=C2. The second-order valence-electron chi connectivity index (χ2n) is 3.63. The van der Waals surface area contributed by atoms with Gasteiger partial charge in [-0.1, -0.05) is 12.2 Å². The van der Waals surface area contributed by atoms with E-state index in [1.54, 1.807) is 12.1 Å². The quantitative estimate of drug-likeness (QED) is 0.694. The average molecular weight is 198 g/mol. The predicted octanol–water partition coefficient (Wildman–Crippen LogP) is 3.01. The molecule has 1 heterocycles. The predicted molar refractivity (Wildman–Crippen MR) is 58.6 cm³/mol. The molecule has 0 bridgehead atoms. The average Bonchev–Trinajstić information content (AvgIpc) is 2.26. The van der Waals surface area contributed by atoms with Gasteiger partial charge in [0.1, 0.15) is 17.3 Å². The molecule has 1 aromatic rings. The van der Waals surface area contributed by atoms with Crippen molar-refractivity contribution in [3.8, 4) is 11.5 Å². The summed E-state index contributed by atoms with van der Waals surface area (Å²) in [7, 11) is 0. The summed E-state index contributed by atoms with van der Waals surface area (Å²) in [6.07, 6.45) is 9.18. The van der Waals surface area contributed by atoms with Gasteiger partial charge in [0.25, 0.3) is 0 Å². The lowest BCUT2D eigenvalue weighted by molar-refractivity contribution is 0.421. The Morgan fingerprint density at radius 3 is 3.13 bits per heavy atom. The van der Waals surface area contributed by atoms with Crippen LogP contribution in [0.1, 0.15) is 12.0 Å². The van der Waals surface area contributed by atoms with Crippen molar-refractivity contribution >= 4 is 6.08 Å². The van der Waals surface area contributed by atoms with E-state index in [4.69, 9.17) is 4.74 Å². The summed E-state index contributed by atoms with van der Waals surface area (Å²) in [5.74, 6) is 1.84. The maximum absolute atomic E-state index is 9.35. The Morgan fingerprint density at radius 1 is 1.27 bits per heavy atom. The van der Waals surface area contributed by atoms with Gasteiger partial charge in [-0.2, -0.15) is 0 Å². The van der Waals surface area contributed by atoms with Crippen molar-refractivity contribution in [3.63, 3.8) is 0 Å². The van der Waals surface area contributed by atoms with Gasteiger partial charge in [-0.25, -0.2) is 0 Å². The van der Waals surface area contributed by atoms with Crippen molar-refractivity contribution in [3.05, 3.63) is 53.3 Å². The number of benzene rings is 1. The van der Waals surface area contributed by atoms with Gasteiger partial charge in [0.15, 0.2) is 0 Å². The second kappa shape index (κ2) is 3.02. The van der Waals surface area contributed by atoms with Gasteiger partial charge in [-0.3, -0.25) is 0 Å². The number of allylic oxidation sites excluding steroid dienone is 3. The van der Waals surface area contributed by atoms with Gasteiger partial charge in [0.05, 0.1) is 0 Å². The Hall–Kier alpha value is -1.96. The fraction of sp³-hybridized carbons (Fsp3) is 0.0769. The molecule has 74 valence electrons. The number of hydrogen-bond donors (Lipinski definition) is 1. The Morgan fingerprint density at radius 2 is 2.20 bits per heavy atom. The van der Waals surface area contributed by atoms with E-state index in [1.165, 1.54) is 0 Å². The lowest BCUT2D eigenvalue weighted by Gasteiger charge is -2.20. The van der Waals surface area contributed by atoms with Crippen LogP contribution < -0.4 is 4.74 Å². The molecule has 1 aliphatic heterocycles. The highest BCUT2D eigenvalue weighted by Crippen LogP contribution is 2.35. The highest BCUT2D eigenvalue weighted by molar-refractivity contribution is 5.70. The van der Waals surface area contributed by atoms with Gasteiger partial charge in [-0.05, 0) is 30.7 Å². The fourth-order valence-corrected chi connectivity index (χ4v) is 1.81. The summed E-state index contributed by atoms with van der Waals surface area (Å²) in [6, 6.07) is 5.17. The molecule has 0 amide bonds. The number of phenols is 1. The Bertz CT molecular complexity index is 507. The molecule has 0 unspecified atom stereocenters. The zero-order chi connectivity index (χ0) is 10.3. The van der Waals surface area contributed by atoms with Crippen molar-refractivity contribution in [1.82, 2.24) is 0 Å². The van der Waals surface area contributed by atoms with Crippen LogP contribution in [-0.2, 0) is 0 Å². The monoisotopic (exact) mass is 198 g/mol.